The first-order valence-corrected chi connectivity index (χ1v) is 5.18. The zero-order chi connectivity index (χ0) is 9.10. The Bertz CT molecular complexity index is 431. The van der Waals surface area contributed by atoms with Crippen molar-refractivity contribution in [1.29, 1.82) is 0 Å². The lowest BCUT2D eigenvalue weighted by Crippen LogP contribution is -1.77. The van der Waals surface area contributed by atoms with Crippen molar-refractivity contribution in [3.63, 3.8) is 0 Å². The number of nitrogens with zero attached hydrogens (tertiary/aromatic N) is 1. The highest BCUT2D eigenvalue weighted by Gasteiger charge is 1.94. The third-order valence-corrected chi connectivity index (χ3v) is 2.19. The Hall–Kier alpha value is -1.09. The molecule has 2 aromatic heterocycles. The number of nitrogens with one attached hydrogen (secondary N) is 1. The van der Waals surface area contributed by atoms with Crippen molar-refractivity contribution in [2.75, 3.05) is 5.33 Å². The minimum atomic E-state index is 0.871. The van der Waals surface area contributed by atoms with E-state index in [0.29, 0.717) is 0 Å². The SMILES string of the molecule is BrCC=Cc1cnc2cc[nH]c2c1. The second-order valence-corrected chi connectivity index (χ2v) is 3.38. The van der Waals surface area contributed by atoms with Crippen LogP contribution in [-0.4, -0.2) is 15.3 Å². The fraction of sp³-hybridized carbons (Fsp3) is 0.100. The zero-order valence-corrected chi connectivity index (χ0v) is 8.58. The number of hydrogen-bond donors (Lipinski definition) is 1. The summed E-state index contributed by atoms with van der Waals surface area (Å²) in [5.41, 5.74) is 3.21. The normalized spacial score (nSPS) is 11.5. The number of rotatable bonds is 2. The molecular formula is C10H9BrN2. The van der Waals surface area contributed by atoms with Crippen LogP contribution in [0.3, 0.4) is 0 Å². The molecule has 0 aliphatic heterocycles. The molecule has 0 saturated heterocycles. The van der Waals surface area contributed by atoms with E-state index in [9.17, 15) is 0 Å². The standard InChI is InChI=1S/C10H9BrN2/c11-4-1-2-8-6-10-9(13-7-8)3-5-12-10/h1-3,5-7,12H,4H2. The molecule has 0 aliphatic carbocycles. The van der Waals surface area contributed by atoms with Gasteiger partial charge in [0.05, 0.1) is 11.0 Å². The van der Waals surface area contributed by atoms with Crippen LogP contribution in [0.15, 0.2) is 30.6 Å². The van der Waals surface area contributed by atoms with Crippen LogP contribution in [0.5, 0.6) is 0 Å². The number of aromatic nitrogens is 2. The summed E-state index contributed by atoms with van der Waals surface area (Å²) in [7, 11) is 0. The highest BCUT2D eigenvalue weighted by atomic mass is 79.9. The Balaban J connectivity index is 2.42. The Morgan fingerprint density at radius 2 is 2.46 bits per heavy atom. The van der Waals surface area contributed by atoms with Crippen molar-refractivity contribution in [2.24, 2.45) is 0 Å². The molecule has 0 amide bonds. The van der Waals surface area contributed by atoms with Gasteiger partial charge in [-0.25, -0.2) is 0 Å². The van der Waals surface area contributed by atoms with Crippen LogP contribution < -0.4 is 0 Å². The third kappa shape index (κ3) is 1.80. The predicted octanol–water partition coefficient (Wildman–Crippen LogP) is 2.97. The summed E-state index contributed by atoms with van der Waals surface area (Å²) in [5, 5.41) is 0.871. The summed E-state index contributed by atoms with van der Waals surface area (Å²) in [6.45, 7) is 0. The molecule has 66 valence electrons. The first-order valence-electron chi connectivity index (χ1n) is 4.06. The molecule has 0 aliphatic rings. The van der Waals surface area contributed by atoms with Crippen LogP contribution in [0.4, 0.5) is 0 Å². The van der Waals surface area contributed by atoms with Crippen LogP contribution in [0.25, 0.3) is 17.1 Å². The lowest BCUT2D eigenvalue weighted by Gasteiger charge is -1.92. The van der Waals surface area contributed by atoms with Crippen molar-refractivity contribution in [1.82, 2.24) is 9.97 Å². The number of hydrogen-bond acceptors (Lipinski definition) is 1. The fourth-order valence-electron chi connectivity index (χ4n) is 1.22. The molecule has 0 radical (unpaired) electrons. The number of fused-ring (bicyclic) bond motifs is 1. The molecule has 2 aromatic rings. The maximum Gasteiger partial charge on any atom is 0.0879 e. The molecule has 0 spiro atoms. The Kier molecular flexibility index (Phi) is 2.45. The summed E-state index contributed by atoms with van der Waals surface area (Å²) >= 11 is 3.33. The van der Waals surface area contributed by atoms with Crippen LogP contribution in [-0.2, 0) is 0 Å². The second-order valence-electron chi connectivity index (χ2n) is 2.74. The molecule has 0 unspecified atom stereocenters. The van der Waals surface area contributed by atoms with Crippen LogP contribution in [0.1, 0.15) is 5.56 Å². The maximum absolute atomic E-state index is 4.30. The van der Waals surface area contributed by atoms with Crippen LogP contribution >= 0.6 is 15.9 Å². The molecule has 0 fully saturated rings. The van der Waals surface area contributed by atoms with Gasteiger partial charge in [0, 0.05) is 17.7 Å². The van der Waals surface area contributed by atoms with Crippen molar-refractivity contribution in [2.45, 2.75) is 0 Å². The predicted molar refractivity (Wildman–Crippen MR) is 58.9 cm³/mol. The smallest absolute Gasteiger partial charge is 0.0879 e. The molecule has 13 heavy (non-hydrogen) atoms. The summed E-state index contributed by atoms with van der Waals surface area (Å²) in [6.07, 6.45) is 7.86. The van der Waals surface area contributed by atoms with Gasteiger partial charge in [0.2, 0.25) is 0 Å². The summed E-state index contributed by atoms with van der Waals surface area (Å²) in [5.74, 6) is 0. The van der Waals surface area contributed by atoms with Gasteiger partial charge >= 0.3 is 0 Å². The van der Waals surface area contributed by atoms with Gasteiger partial charge in [0.15, 0.2) is 0 Å². The number of halogens is 1. The first-order chi connectivity index (χ1) is 6.40. The number of allylic oxidation sites excluding steroid dienone is 1. The molecule has 1 N–H and O–H groups in total. The van der Waals surface area contributed by atoms with Crippen molar-refractivity contribution in [3.8, 4) is 0 Å². The van der Waals surface area contributed by atoms with E-state index in [4.69, 9.17) is 0 Å². The van der Waals surface area contributed by atoms with Crippen LogP contribution in [0, 0.1) is 0 Å². The number of aromatic amines is 1. The minimum Gasteiger partial charge on any atom is -0.360 e. The van der Waals surface area contributed by atoms with E-state index in [1.807, 2.05) is 30.6 Å². The third-order valence-electron chi connectivity index (χ3n) is 1.82. The summed E-state index contributed by atoms with van der Waals surface area (Å²) in [6, 6.07) is 4.05. The largest absolute Gasteiger partial charge is 0.360 e. The van der Waals surface area contributed by atoms with Crippen molar-refractivity contribution >= 4 is 33.0 Å². The first kappa shape index (κ1) is 8.51. The number of H-pyrrole nitrogens is 1. The summed E-state index contributed by atoms with van der Waals surface area (Å²) < 4.78 is 0. The average Bonchev–Trinajstić information content (AvgIpc) is 2.61. The van der Waals surface area contributed by atoms with Crippen LogP contribution in [0.2, 0.25) is 0 Å². The Morgan fingerprint density at radius 1 is 1.54 bits per heavy atom. The Morgan fingerprint density at radius 3 is 3.31 bits per heavy atom. The van der Waals surface area contributed by atoms with Crippen molar-refractivity contribution < 1.29 is 0 Å². The highest BCUT2D eigenvalue weighted by Crippen LogP contribution is 2.11. The average molecular weight is 237 g/mol. The van der Waals surface area contributed by atoms with Gasteiger partial charge in [-0.3, -0.25) is 4.98 Å². The van der Waals surface area contributed by atoms with Gasteiger partial charge in [0.1, 0.15) is 0 Å². The molecular weight excluding hydrogens is 228 g/mol. The van der Waals surface area contributed by atoms with E-state index in [2.05, 4.69) is 32.0 Å². The van der Waals surface area contributed by atoms with E-state index < -0.39 is 0 Å². The van der Waals surface area contributed by atoms with E-state index >= 15 is 0 Å². The van der Waals surface area contributed by atoms with Crippen molar-refractivity contribution in [3.05, 3.63) is 36.2 Å². The molecule has 2 nitrogen and oxygen atoms in total. The molecule has 0 saturated carbocycles. The van der Waals surface area contributed by atoms with E-state index in [0.717, 1.165) is 21.9 Å². The maximum atomic E-state index is 4.30. The van der Waals surface area contributed by atoms with Gasteiger partial charge in [0.25, 0.3) is 0 Å². The molecule has 0 aromatic carbocycles. The lowest BCUT2D eigenvalue weighted by molar-refractivity contribution is 1.39. The zero-order valence-electron chi connectivity index (χ0n) is 7.00. The number of pyridine rings is 1. The van der Waals surface area contributed by atoms with E-state index in [1.165, 1.54) is 0 Å². The fourth-order valence-corrected chi connectivity index (χ4v) is 1.41. The van der Waals surface area contributed by atoms with Gasteiger partial charge < -0.3 is 4.98 Å². The molecule has 0 bridgehead atoms. The Labute approximate surface area is 84.8 Å². The van der Waals surface area contributed by atoms with Gasteiger partial charge in [-0.1, -0.05) is 28.1 Å². The van der Waals surface area contributed by atoms with Gasteiger partial charge in [-0.2, -0.15) is 0 Å². The quantitative estimate of drug-likeness (QED) is 0.799. The van der Waals surface area contributed by atoms with E-state index in [-0.39, 0.29) is 0 Å². The molecule has 0 atom stereocenters. The summed E-state index contributed by atoms with van der Waals surface area (Å²) in [4.78, 5) is 7.42. The van der Waals surface area contributed by atoms with E-state index in [1.54, 1.807) is 0 Å². The van der Waals surface area contributed by atoms with Gasteiger partial charge in [-0.15, -0.1) is 0 Å². The monoisotopic (exact) mass is 236 g/mol. The minimum absolute atomic E-state index is 0.871. The lowest BCUT2D eigenvalue weighted by atomic mass is 10.2. The molecule has 2 rings (SSSR count). The number of alkyl halides is 1. The second kappa shape index (κ2) is 3.75. The van der Waals surface area contributed by atoms with Gasteiger partial charge in [-0.05, 0) is 17.7 Å². The topological polar surface area (TPSA) is 28.7 Å². The highest BCUT2D eigenvalue weighted by molar-refractivity contribution is 9.09. The molecule has 2 heterocycles. The molecule has 3 heteroatoms.